The second-order valence-corrected chi connectivity index (χ2v) is 9.38. The van der Waals surface area contributed by atoms with Gasteiger partial charge in [-0.3, -0.25) is 0 Å². The lowest BCUT2D eigenvalue weighted by Crippen LogP contribution is -2.31. The largest absolute Gasteiger partial charge is 0.508 e. The molecule has 1 heterocycles. The van der Waals surface area contributed by atoms with Gasteiger partial charge >= 0.3 is 5.97 Å². The van der Waals surface area contributed by atoms with Crippen molar-refractivity contribution in [3.8, 4) is 11.5 Å². The molecule has 0 atom stereocenters. The molecule has 0 bridgehead atoms. The number of esters is 1. The molecule has 4 rings (SSSR count). The standard InChI is InChI=1S/C28H30O4/c1-15(2)20-11-17(5)23(13-25(20)29)28(22-10-8-7-9-19(22)27(31)32-28)24-14-26(30)21(16(3)4)12-18(24)6/h7-16,29-30H,1-6H3. The average Bonchev–Trinajstić information content (AvgIpc) is 3.04. The summed E-state index contributed by atoms with van der Waals surface area (Å²) in [5.41, 5.74) is 4.82. The first-order valence-corrected chi connectivity index (χ1v) is 11.1. The molecule has 0 aliphatic carbocycles. The Labute approximate surface area is 189 Å². The van der Waals surface area contributed by atoms with Crippen LogP contribution in [0.3, 0.4) is 0 Å². The SMILES string of the molecule is Cc1cc(C(C)C)c(O)cc1C1(c2cc(O)c(C(C)C)cc2C)OC(=O)c2ccccc21. The van der Waals surface area contributed by atoms with Crippen LogP contribution in [-0.4, -0.2) is 16.2 Å². The first-order chi connectivity index (χ1) is 15.1. The highest BCUT2D eigenvalue weighted by molar-refractivity contribution is 5.96. The first-order valence-electron chi connectivity index (χ1n) is 11.1. The smallest absolute Gasteiger partial charge is 0.340 e. The fraction of sp³-hybridized carbons (Fsp3) is 0.321. The molecule has 0 saturated carbocycles. The fourth-order valence-electron chi connectivity index (χ4n) is 4.88. The molecule has 0 aromatic heterocycles. The quantitative estimate of drug-likeness (QED) is 0.469. The predicted molar refractivity (Wildman–Crippen MR) is 126 cm³/mol. The Morgan fingerprint density at radius 2 is 1.22 bits per heavy atom. The van der Waals surface area contributed by atoms with Crippen LogP contribution in [-0.2, 0) is 10.3 Å². The van der Waals surface area contributed by atoms with Gasteiger partial charge in [0.25, 0.3) is 0 Å². The molecule has 3 aromatic rings. The summed E-state index contributed by atoms with van der Waals surface area (Å²) in [6.45, 7) is 12.1. The first kappa shape index (κ1) is 21.9. The van der Waals surface area contributed by atoms with E-state index in [1.54, 1.807) is 18.2 Å². The van der Waals surface area contributed by atoms with Crippen LogP contribution in [0, 0.1) is 13.8 Å². The maximum absolute atomic E-state index is 13.0. The van der Waals surface area contributed by atoms with E-state index in [2.05, 4.69) is 0 Å². The van der Waals surface area contributed by atoms with Crippen molar-refractivity contribution < 1.29 is 19.7 Å². The summed E-state index contributed by atoms with van der Waals surface area (Å²) in [6.07, 6.45) is 0. The molecule has 0 radical (unpaired) electrons. The van der Waals surface area contributed by atoms with Crippen molar-refractivity contribution >= 4 is 5.97 Å². The molecular formula is C28H30O4. The number of ether oxygens (including phenoxy) is 1. The average molecular weight is 431 g/mol. The lowest BCUT2D eigenvalue weighted by molar-refractivity contribution is 0.0246. The molecule has 3 aromatic carbocycles. The number of aryl methyl sites for hydroxylation is 2. The summed E-state index contributed by atoms with van der Waals surface area (Å²) in [5, 5.41) is 21.7. The summed E-state index contributed by atoms with van der Waals surface area (Å²) in [5.74, 6) is 0.211. The van der Waals surface area contributed by atoms with Crippen LogP contribution in [0.15, 0.2) is 48.5 Å². The van der Waals surface area contributed by atoms with E-state index in [0.29, 0.717) is 22.3 Å². The van der Waals surface area contributed by atoms with E-state index in [9.17, 15) is 15.0 Å². The molecule has 4 nitrogen and oxygen atoms in total. The maximum Gasteiger partial charge on any atom is 0.340 e. The molecule has 1 aliphatic heterocycles. The number of carbonyl (C=O) groups excluding carboxylic acids is 1. The van der Waals surface area contributed by atoms with Crippen molar-refractivity contribution in [1.82, 2.24) is 0 Å². The van der Waals surface area contributed by atoms with E-state index in [4.69, 9.17) is 4.74 Å². The highest BCUT2D eigenvalue weighted by Gasteiger charge is 2.50. The number of phenols is 2. The monoisotopic (exact) mass is 430 g/mol. The van der Waals surface area contributed by atoms with Gasteiger partial charge in [-0.25, -0.2) is 4.79 Å². The number of hydrogen-bond acceptors (Lipinski definition) is 4. The Morgan fingerprint density at radius 1 is 0.750 bits per heavy atom. The van der Waals surface area contributed by atoms with Gasteiger partial charge < -0.3 is 14.9 Å². The van der Waals surface area contributed by atoms with E-state index < -0.39 is 11.6 Å². The summed E-state index contributed by atoms with van der Waals surface area (Å²) in [7, 11) is 0. The third kappa shape index (κ3) is 3.17. The zero-order valence-electron chi connectivity index (χ0n) is 19.5. The van der Waals surface area contributed by atoms with Gasteiger partial charge in [0.1, 0.15) is 11.5 Å². The molecule has 0 spiro atoms. The lowest BCUT2D eigenvalue weighted by atomic mass is 9.75. The number of aromatic hydroxyl groups is 2. The Morgan fingerprint density at radius 3 is 1.69 bits per heavy atom. The Kier molecular flexibility index (Phi) is 5.28. The molecule has 32 heavy (non-hydrogen) atoms. The van der Waals surface area contributed by atoms with Gasteiger partial charge in [-0.2, -0.15) is 0 Å². The van der Waals surface area contributed by atoms with Gasteiger partial charge in [0, 0.05) is 16.7 Å². The van der Waals surface area contributed by atoms with Crippen molar-refractivity contribution in [2.24, 2.45) is 0 Å². The third-order valence-electron chi connectivity index (χ3n) is 6.52. The molecule has 0 unspecified atom stereocenters. The summed E-state index contributed by atoms with van der Waals surface area (Å²) >= 11 is 0. The van der Waals surface area contributed by atoms with Crippen LogP contribution in [0.4, 0.5) is 0 Å². The van der Waals surface area contributed by atoms with Crippen LogP contribution in [0.1, 0.15) is 88.8 Å². The van der Waals surface area contributed by atoms with Crippen LogP contribution in [0.5, 0.6) is 11.5 Å². The number of carbonyl (C=O) groups is 1. The van der Waals surface area contributed by atoms with Crippen LogP contribution >= 0.6 is 0 Å². The summed E-state index contributed by atoms with van der Waals surface area (Å²) in [4.78, 5) is 13.0. The van der Waals surface area contributed by atoms with Gasteiger partial charge in [-0.1, -0.05) is 58.0 Å². The Bertz CT molecular complexity index is 1160. The fourth-order valence-corrected chi connectivity index (χ4v) is 4.88. The minimum absolute atomic E-state index is 0.147. The van der Waals surface area contributed by atoms with Crippen LogP contribution in [0.25, 0.3) is 0 Å². The number of phenolic OH excluding ortho intramolecular Hbond substituents is 2. The van der Waals surface area contributed by atoms with Crippen LogP contribution < -0.4 is 0 Å². The highest BCUT2D eigenvalue weighted by Crippen LogP contribution is 2.51. The molecule has 2 N–H and O–H groups in total. The van der Waals surface area contributed by atoms with Crippen molar-refractivity contribution in [2.45, 2.75) is 59.0 Å². The van der Waals surface area contributed by atoms with Gasteiger partial charge in [0.05, 0.1) is 5.56 Å². The second kappa shape index (κ2) is 7.70. The molecule has 166 valence electrons. The summed E-state index contributed by atoms with van der Waals surface area (Å²) in [6, 6.07) is 14.7. The maximum atomic E-state index is 13.0. The van der Waals surface area contributed by atoms with E-state index in [1.807, 2.05) is 71.9 Å². The van der Waals surface area contributed by atoms with Gasteiger partial charge in [-0.15, -0.1) is 0 Å². The van der Waals surface area contributed by atoms with Gasteiger partial charge in [0.2, 0.25) is 0 Å². The Balaban J connectivity index is 2.10. The number of fused-ring (bicyclic) bond motifs is 1. The van der Waals surface area contributed by atoms with Crippen molar-refractivity contribution in [3.05, 3.63) is 93.0 Å². The summed E-state index contributed by atoms with van der Waals surface area (Å²) < 4.78 is 6.20. The van der Waals surface area contributed by atoms with Gasteiger partial charge in [-0.05, 0) is 66.1 Å². The molecule has 0 saturated heterocycles. The molecule has 1 aliphatic rings. The topological polar surface area (TPSA) is 66.8 Å². The second-order valence-electron chi connectivity index (χ2n) is 9.38. The lowest BCUT2D eigenvalue weighted by Gasteiger charge is -2.34. The third-order valence-corrected chi connectivity index (χ3v) is 6.52. The minimum Gasteiger partial charge on any atom is -0.508 e. The number of rotatable bonds is 4. The zero-order chi connectivity index (χ0) is 23.4. The van der Waals surface area contributed by atoms with E-state index >= 15 is 0 Å². The van der Waals surface area contributed by atoms with E-state index in [-0.39, 0.29) is 23.3 Å². The number of hydrogen-bond donors (Lipinski definition) is 2. The normalized spacial score (nSPS) is 14.7. The molecule has 0 fully saturated rings. The highest BCUT2D eigenvalue weighted by atomic mass is 16.6. The van der Waals surface area contributed by atoms with E-state index in [0.717, 1.165) is 22.3 Å². The molecule has 0 amide bonds. The molecular weight excluding hydrogens is 400 g/mol. The van der Waals surface area contributed by atoms with E-state index in [1.165, 1.54) is 0 Å². The van der Waals surface area contributed by atoms with Gasteiger partial charge in [0.15, 0.2) is 5.60 Å². The molecule has 4 heteroatoms. The minimum atomic E-state index is -1.26. The van der Waals surface area contributed by atoms with Crippen LogP contribution in [0.2, 0.25) is 0 Å². The number of benzene rings is 3. The van der Waals surface area contributed by atoms with Crippen molar-refractivity contribution in [3.63, 3.8) is 0 Å². The Hall–Kier alpha value is -3.27. The van der Waals surface area contributed by atoms with Crippen molar-refractivity contribution in [1.29, 1.82) is 0 Å². The predicted octanol–water partition coefficient (Wildman–Crippen LogP) is 6.42. The zero-order valence-corrected chi connectivity index (χ0v) is 19.5. The van der Waals surface area contributed by atoms with Crippen molar-refractivity contribution in [2.75, 3.05) is 0 Å². The number of cyclic esters (lactones) is 1.